The zero-order valence-corrected chi connectivity index (χ0v) is 9.05. The molecule has 0 aliphatic carbocycles. The van der Waals surface area contributed by atoms with Crippen molar-refractivity contribution in [3.05, 3.63) is 53.7 Å². The van der Waals surface area contributed by atoms with Crippen LogP contribution in [-0.4, -0.2) is 22.9 Å². The Kier molecular flexibility index (Phi) is 3.09. The highest BCUT2D eigenvalue weighted by atomic mass is 19.1. The van der Waals surface area contributed by atoms with Gasteiger partial charge in [-0.05, 0) is 12.1 Å². The molecule has 4 nitrogen and oxygen atoms in total. The van der Waals surface area contributed by atoms with E-state index in [0.29, 0.717) is 0 Å². The molecule has 0 aliphatic heterocycles. The van der Waals surface area contributed by atoms with Crippen LogP contribution in [0.15, 0.2) is 36.7 Å². The Morgan fingerprint density at radius 2 is 1.94 bits per heavy atom. The molecule has 2 aromatic rings. The molecule has 0 bridgehead atoms. The smallest absolute Gasteiger partial charge is 0.243 e. The molecule has 2 rings (SSSR count). The maximum Gasteiger partial charge on any atom is 0.243 e. The number of hydrogen-bond acceptors (Lipinski definition) is 4. The third-order valence-corrected chi connectivity index (χ3v) is 2.19. The second-order valence-corrected chi connectivity index (χ2v) is 3.22. The molecule has 1 aromatic carbocycles. The van der Waals surface area contributed by atoms with Crippen molar-refractivity contribution >= 4 is 5.78 Å². The van der Waals surface area contributed by atoms with E-state index in [9.17, 15) is 9.18 Å². The average molecular weight is 232 g/mol. The van der Waals surface area contributed by atoms with Crippen molar-refractivity contribution in [3.8, 4) is 5.88 Å². The Balaban J connectivity index is 2.48. The van der Waals surface area contributed by atoms with Gasteiger partial charge in [-0.1, -0.05) is 12.1 Å². The van der Waals surface area contributed by atoms with E-state index in [0.717, 1.165) is 0 Å². The number of hydrogen-bond donors (Lipinski definition) is 0. The predicted octanol–water partition coefficient (Wildman–Crippen LogP) is 1.86. The lowest BCUT2D eigenvalue weighted by atomic mass is 10.1. The summed E-state index contributed by atoms with van der Waals surface area (Å²) in [7, 11) is 1.38. The van der Waals surface area contributed by atoms with Crippen LogP contribution in [0.2, 0.25) is 0 Å². The summed E-state index contributed by atoms with van der Waals surface area (Å²) in [5.41, 5.74) is -0.0496. The van der Waals surface area contributed by atoms with E-state index >= 15 is 0 Å². The maximum absolute atomic E-state index is 13.5. The van der Waals surface area contributed by atoms with Crippen LogP contribution in [0.3, 0.4) is 0 Å². The number of halogens is 1. The van der Waals surface area contributed by atoms with Gasteiger partial charge in [0.25, 0.3) is 0 Å². The number of benzene rings is 1. The summed E-state index contributed by atoms with van der Waals surface area (Å²) in [6, 6.07) is 5.71. The summed E-state index contributed by atoms with van der Waals surface area (Å²) < 4.78 is 18.4. The molecule has 86 valence electrons. The molecule has 0 fully saturated rings. The Labute approximate surface area is 97.1 Å². The van der Waals surface area contributed by atoms with Crippen molar-refractivity contribution < 1.29 is 13.9 Å². The fraction of sp³-hybridized carbons (Fsp3) is 0.0833. The molecule has 0 saturated carbocycles. The Bertz CT molecular complexity index is 558. The zero-order chi connectivity index (χ0) is 12.3. The SMILES string of the molecule is COc1nccnc1C(=O)c1ccccc1F. The molecule has 0 atom stereocenters. The Morgan fingerprint density at radius 1 is 1.24 bits per heavy atom. The first kappa shape index (κ1) is 11.2. The van der Waals surface area contributed by atoms with Crippen molar-refractivity contribution in [2.75, 3.05) is 7.11 Å². The van der Waals surface area contributed by atoms with E-state index in [2.05, 4.69) is 9.97 Å². The summed E-state index contributed by atoms with van der Waals surface area (Å²) in [6.07, 6.45) is 2.76. The van der Waals surface area contributed by atoms with Gasteiger partial charge < -0.3 is 4.74 Å². The molecule has 5 heteroatoms. The molecular formula is C12H9FN2O2. The van der Waals surface area contributed by atoms with Gasteiger partial charge in [-0.2, -0.15) is 0 Å². The molecule has 0 radical (unpaired) electrons. The first-order valence-electron chi connectivity index (χ1n) is 4.88. The van der Waals surface area contributed by atoms with Crippen LogP contribution in [0.1, 0.15) is 16.1 Å². The lowest BCUT2D eigenvalue weighted by Crippen LogP contribution is -2.09. The minimum absolute atomic E-state index is 0.0000926. The summed E-state index contributed by atoms with van der Waals surface area (Å²) in [5.74, 6) is -1.06. The number of aromatic nitrogens is 2. The molecule has 1 aromatic heterocycles. The molecule has 0 spiro atoms. The number of ether oxygens (including phenoxy) is 1. The number of rotatable bonds is 3. The quantitative estimate of drug-likeness (QED) is 0.758. The second kappa shape index (κ2) is 4.69. The van der Waals surface area contributed by atoms with Crippen LogP contribution in [0.5, 0.6) is 5.88 Å². The number of carbonyl (C=O) groups excluding carboxylic acids is 1. The van der Waals surface area contributed by atoms with E-state index in [4.69, 9.17) is 4.74 Å². The van der Waals surface area contributed by atoms with Crippen LogP contribution in [-0.2, 0) is 0 Å². The van der Waals surface area contributed by atoms with E-state index < -0.39 is 11.6 Å². The minimum Gasteiger partial charge on any atom is -0.479 e. The molecule has 0 saturated heterocycles. The van der Waals surface area contributed by atoms with E-state index in [1.54, 1.807) is 6.07 Å². The molecule has 0 N–H and O–H groups in total. The van der Waals surface area contributed by atoms with Gasteiger partial charge in [0, 0.05) is 12.4 Å². The van der Waals surface area contributed by atoms with Crippen LogP contribution in [0, 0.1) is 5.82 Å². The van der Waals surface area contributed by atoms with Crippen molar-refractivity contribution in [1.29, 1.82) is 0 Å². The second-order valence-electron chi connectivity index (χ2n) is 3.22. The predicted molar refractivity (Wildman–Crippen MR) is 58.4 cm³/mol. The van der Waals surface area contributed by atoms with Gasteiger partial charge in [0.15, 0.2) is 5.69 Å². The molecule has 0 unspecified atom stereocenters. The zero-order valence-electron chi connectivity index (χ0n) is 9.05. The highest BCUT2D eigenvalue weighted by Gasteiger charge is 2.19. The highest BCUT2D eigenvalue weighted by Crippen LogP contribution is 2.17. The van der Waals surface area contributed by atoms with Gasteiger partial charge in [0.2, 0.25) is 11.7 Å². The Hall–Kier alpha value is -2.30. The number of nitrogens with zero attached hydrogens (tertiary/aromatic N) is 2. The fourth-order valence-corrected chi connectivity index (χ4v) is 1.40. The largest absolute Gasteiger partial charge is 0.479 e. The highest BCUT2D eigenvalue weighted by molar-refractivity contribution is 6.09. The van der Waals surface area contributed by atoms with Crippen molar-refractivity contribution in [1.82, 2.24) is 9.97 Å². The van der Waals surface area contributed by atoms with E-state index in [1.807, 2.05) is 0 Å². The lowest BCUT2D eigenvalue weighted by molar-refractivity contribution is 0.102. The first-order valence-corrected chi connectivity index (χ1v) is 4.88. The molecular weight excluding hydrogens is 223 g/mol. The van der Waals surface area contributed by atoms with Gasteiger partial charge in [-0.25, -0.2) is 14.4 Å². The van der Waals surface area contributed by atoms with Crippen molar-refractivity contribution in [2.24, 2.45) is 0 Å². The summed E-state index contributed by atoms with van der Waals surface area (Å²) in [6.45, 7) is 0. The van der Waals surface area contributed by atoms with Crippen LogP contribution in [0.4, 0.5) is 4.39 Å². The van der Waals surface area contributed by atoms with Gasteiger partial charge >= 0.3 is 0 Å². The molecule has 1 heterocycles. The van der Waals surface area contributed by atoms with Crippen LogP contribution >= 0.6 is 0 Å². The number of methoxy groups -OCH3 is 1. The van der Waals surface area contributed by atoms with Crippen LogP contribution in [0.25, 0.3) is 0 Å². The van der Waals surface area contributed by atoms with Gasteiger partial charge in [-0.3, -0.25) is 4.79 Å². The lowest BCUT2D eigenvalue weighted by Gasteiger charge is -2.05. The number of carbonyl (C=O) groups is 1. The standard InChI is InChI=1S/C12H9FN2O2/c1-17-12-10(14-6-7-15-12)11(16)8-4-2-3-5-9(8)13/h2-7H,1H3. The molecule has 0 amide bonds. The van der Waals surface area contributed by atoms with Gasteiger partial charge in [0.05, 0.1) is 12.7 Å². The van der Waals surface area contributed by atoms with E-state index in [1.165, 1.54) is 37.7 Å². The summed E-state index contributed by atoms with van der Waals surface area (Å²) in [4.78, 5) is 19.7. The topological polar surface area (TPSA) is 52.1 Å². The van der Waals surface area contributed by atoms with Gasteiger partial charge in [0.1, 0.15) is 5.82 Å². The maximum atomic E-state index is 13.5. The third kappa shape index (κ3) is 2.13. The summed E-state index contributed by atoms with van der Waals surface area (Å²) >= 11 is 0. The Morgan fingerprint density at radius 3 is 2.65 bits per heavy atom. The van der Waals surface area contributed by atoms with Crippen LogP contribution < -0.4 is 4.74 Å². The molecule has 17 heavy (non-hydrogen) atoms. The van der Waals surface area contributed by atoms with Gasteiger partial charge in [-0.15, -0.1) is 0 Å². The monoisotopic (exact) mass is 232 g/mol. The number of ketones is 1. The minimum atomic E-state index is -0.592. The fourth-order valence-electron chi connectivity index (χ4n) is 1.40. The van der Waals surface area contributed by atoms with Crippen molar-refractivity contribution in [2.45, 2.75) is 0 Å². The van der Waals surface area contributed by atoms with Crippen molar-refractivity contribution in [3.63, 3.8) is 0 Å². The normalized spacial score (nSPS) is 10.0. The first-order chi connectivity index (χ1) is 8.24. The summed E-state index contributed by atoms with van der Waals surface area (Å²) in [5, 5.41) is 0. The molecule has 0 aliphatic rings. The third-order valence-electron chi connectivity index (χ3n) is 2.19. The van der Waals surface area contributed by atoms with E-state index in [-0.39, 0.29) is 17.1 Å². The average Bonchev–Trinajstić information content (AvgIpc) is 2.38.